The maximum atomic E-state index is 2.48. The SMILES string of the molecule is CC(C)C1(C)CCC(C)(C(C)C)C1. The zero-order valence-corrected chi connectivity index (χ0v) is 10.3. The second-order valence-corrected chi connectivity index (χ2v) is 6.29. The van der Waals surface area contributed by atoms with E-state index in [0.717, 1.165) is 11.8 Å². The first-order chi connectivity index (χ1) is 5.80. The summed E-state index contributed by atoms with van der Waals surface area (Å²) in [7, 11) is 0. The molecule has 0 aliphatic heterocycles. The maximum Gasteiger partial charge on any atom is -0.0297 e. The van der Waals surface area contributed by atoms with Crippen molar-refractivity contribution in [3.05, 3.63) is 0 Å². The molecular weight excluding hydrogens is 156 g/mol. The van der Waals surface area contributed by atoms with Crippen LogP contribution in [0.4, 0.5) is 0 Å². The summed E-state index contributed by atoms with van der Waals surface area (Å²) in [6, 6.07) is 0. The van der Waals surface area contributed by atoms with E-state index in [1.54, 1.807) is 0 Å². The zero-order valence-electron chi connectivity index (χ0n) is 10.3. The van der Waals surface area contributed by atoms with Crippen LogP contribution in [-0.4, -0.2) is 0 Å². The number of hydrogen-bond acceptors (Lipinski definition) is 0. The Morgan fingerprint density at radius 3 is 1.23 bits per heavy atom. The van der Waals surface area contributed by atoms with Gasteiger partial charge in [-0.25, -0.2) is 0 Å². The van der Waals surface area contributed by atoms with Crippen molar-refractivity contribution in [1.82, 2.24) is 0 Å². The Kier molecular flexibility index (Phi) is 2.81. The molecule has 1 fully saturated rings. The minimum absolute atomic E-state index is 0.610. The van der Waals surface area contributed by atoms with Gasteiger partial charge in [0.1, 0.15) is 0 Å². The van der Waals surface area contributed by atoms with Crippen molar-refractivity contribution in [2.24, 2.45) is 22.7 Å². The Bertz CT molecular complexity index is 160. The van der Waals surface area contributed by atoms with Crippen LogP contribution in [0.5, 0.6) is 0 Å². The zero-order chi connectivity index (χ0) is 10.3. The Balaban J connectivity index is 2.73. The molecule has 2 unspecified atom stereocenters. The Hall–Kier alpha value is 0. The lowest BCUT2D eigenvalue weighted by atomic mass is 9.71. The normalized spacial score (nSPS) is 40.6. The largest absolute Gasteiger partial charge is 0.0623 e. The van der Waals surface area contributed by atoms with Gasteiger partial charge in [0.2, 0.25) is 0 Å². The molecule has 2 atom stereocenters. The van der Waals surface area contributed by atoms with E-state index in [1.807, 2.05) is 0 Å². The molecule has 1 rings (SSSR count). The van der Waals surface area contributed by atoms with Gasteiger partial charge in [-0.1, -0.05) is 41.5 Å². The highest BCUT2D eigenvalue weighted by molar-refractivity contribution is 4.95. The summed E-state index contributed by atoms with van der Waals surface area (Å²) in [6.07, 6.45) is 4.29. The van der Waals surface area contributed by atoms with E-state index in [1.165, 1.54) is 19.3 Å². The average Bonchev–Trinajstić information content (AvgIpc) is 2.30. The topological polar surface area (TPSA) is 0 Å². The molecule has 0 saturated heterocycles. The molecule has 0 aromatic rings. The summed E-state index contributed by atoms with van der Waals surface area (Å²) in [6.45, 7) is 14.5. The minimum atomic E-state index is 0.610. The molecule has 0 radical (unpaired) electrons. The Labute approximate surface area is 84.1 Å². The third kappa shape index (κ3) is 1.92. The fourth-order valence-corrected chi connectivity index (χ4v) is 2.66. The van der Waals surface area contributed by atoms with E-state index in [2.05, 4.69) is 41.5 Å². The molecule has 78 valence electrons. The summed E-state index contributed by atoms with van der Waals surface area (Å²) in [5, 5.41) is 0. The first-order valence-corrected chi connectivity index (χ1v) is 5.80. The summed E-state index contributed by atoms with van der Waals surface area (Å²) in [5.74, 6) is 1.68. The molecule has 0 heterocycles. The van der Waals surface area contributed by atoms with Gasteiger partial charge in [0.25, 0.3) is 0 Å². The van der Waals surface area contributed by atoms with Crippen LogP contribution >= 0.6 is 0 Å². The van der Waals surface area contributed by atoms with Gasteiger partial charge in [-0.15, -0.1) is 0 Å². The van der Waals surface area contributed by atoms with Crippen LogP contribution in [0.1, 0.15) is 60.8 Å². The Morgan fingerprint density at radius 2 is 1.08 bits per heavy atom. The van der Waals surface area contributed by atoms with Crippen molar-refractivity contribution in [2.75, 3.05) is 0 Å². The third-order valence-corrected chi connectivity index (χ3v) is 4.86. The second kappa shape index (κ2) is 3.29. The molecular formula is C13H26. The van der Waals surface area contributed by atoms with Gasteiger partial charge in [0, 0.05) is 0 Å². The molecule has 0 nitrogen and oxygen atoms in total. The minimum Gasteiger partial charge on any atom is -0.0623 e. The van der Waals surface area contributed by atoms with Crippen molar-refractivity contribution in [2.45, 2.75) is 60.8 Å². The second-order valence-electron chi connectivity index (χ2n) is 6.29. The third-order valence-electron chi connectivity index (χ3n) is 4.86. The van der Waals surface area contributed by atoms with Gasteiger partial charge < -0.3 is 0 Å². The summed E-state index contributed by atoms with van der Waals surface area (Å²) in [5.41, 5.74) is 1.22. The number of rotatable bonds is 2. The highest BCUT2D eigenvalue weighted by Crippen LogP contribution is 2.55. The van der Waals surface area contributed by atoms with Crippen LogP contribution in [0, 0.1) is 22.7 Å². The lowest BCUT2D eigenvalue weighted by Crippen LogP contribution is -2.25. The summed E-state index contributed by atoms with van der Waals surface area (Å²) in [4.78, 5) is 0. The van der Waals surface area contributed by atoms with Gasteiger partial charge in [-0.3, -0.25) is 0 Å². The molecule has 1 aliphatic carbocycles. The van der Waals surface area contributed by atoms with Crippen molar-refractivity contribution < 1.29 is 0 Å². The predicted octanol–water partition coefficient (Wildman–Crippen LogP) is 4.49. The molecule has 0 amide bonds. The van der Waals surface area contributed by atoms with E-state index in [-0.39, 0.29) is 0 Å². The highest BCUT2D eigenvalue weighted by Gasteiger charge is 2.45. The molecule has 1 saturated carbocycles. The molecule has 0 bridgehead atoms. The van der Waals surface area contributed by atoms with Crippen molar-refractivity contribution >= 4 is 0 Å². The predicted molar refractivity (Wildman–Crippen MR) is 59.7 cm³/mol. The van der Waals surface area contributed by atoms with Crippen molar-refractivity contribution in [3.63, 3.8) is 0 Å². The van der Waals surface area contributed by atoms with E-state index in [9.17, 15) is 0 Å². The van der Waals surface area contributed by atoms with Crippen molar-refractivity contribution in [3.8, 4) is 0 Å². The van der Waals surface area contributed by atoms with Gasteiger partial charge in [0.15, 0.2) is 0 Å². The molecule has 13 heavy (non-hydrogen) atoms. The van der Waals surface area contributed by atoms with Crippen LogP contribution in [0.2, 0.25) is 0 Å². The lowest BCUT2D eigenvalue weighted by Gasteiger charge is -2.34. The van der Waals surface area contributed by atoms with Crippen LogP contribution in [-0.2, 0) is 0 Å². The molecule has 0 N–H and O–H groups in total. The quantitative estimate of drug-likeness (QED) is 0.590. The monoisotopic (exact) mass is 182 g/mol. The van der Waals surface area contributed by atoms with Crippen molar-refractivity contribution in [1.29, 1.82) is 0 Å². The van der Waals surface area contributed by atoms with E-state index in [0.29, 0.717) is 10.8 Å². The Morgan fingerprint density at radius 1 is 0.769 bits per heavy atom. The summed E-state index contributed by atoms with van der Waals surface area (Å²) < 4.78 is 0. The maximum absolute atomic E-state index is 2.48. The molecule has 0 spiro atoms. The molecule has 1 aliphatic rings. The average molecular weight is 182 g/mol. The fraction of sp³-hybridized carbons (Fsp3) is 1.00. The van der Waals surface area contributed by atoms with E-state index < -0.39 is 0 Å². The first kappa shape index (κ1) is 11.1. The van der Waals surface area contributed by atoms with Gasteiger partial charge in [-0.2, -0.15) is 0 Å². The van der Waals surface area contributed by atoms with Crippen LogP contribution in [0.25, 0.3) is 0 Å². The summed E-state index contributed by atoms with van der Waals surface area (Å²) >= 11 is 0. The lowest BCUT2D eigenvalue weighted by molar-refractivity contribution is 0.157. The highest BCUT2D eigenvalue weighted by atomic mass is 14.5. The van der Waals surface area contributed by atoms with Crippen LogP contribution < -0.4 is 0 Å². The molecule has 0 heteroatoms. The van der Waals surface area contributed by atoms with E-state index >= 15 is 0 Å². The smallest absolute Gasteiger partial charge is 0.0297 e. The molecule has 0 aromatic heterocycles. The fourth-order valence-electron chi connectivity index (χ4n) is 2.66. The first-order valence-electron chi connectivity index (χ1n) is 5.80. The van der Waals surface area contributed by atoms with E-state index in [4.69, 9.17) is 0 Å². The molecule has 0 aromatic carbocycles. The van der Waals surface area contributed by atoms with Gasteiger partial charge in [-0.05, 0) is 41.9 Å². The van der Waals surface area contributed by atoms with Gasteiger partial charge >= 0.3 is 0 Å². The van der Waals surface area contributed by atoms with Crippen LogP contribution in [0.3, 0.4) is 0 Å². The van der Waals surface area contributed by atoms with Crippen LogP contribution in [0.15, 0.2) is 0 Å². The van der Waals surface area contributed by atoms with Gasteiger partial charge in [0.05, 0.1) is 0 Å². The standard InChI is InChI=1S/C13H26/c1-10(2)12(5)7-8-13(6,9-12)11(3)4/h10-11H,7-9H2,1-6H3. The number of hydrogen-bond donors (Lipinski definition) is 0.